The highest BCUT2D eigenvalue weighted by Crippen LogP contribution is 2.36. The van der Waals surface area contributed by atoms with Crippen molar-refractivity contribution < 1.29 is 14.3 Å². The van der Waals surface area contributed by atoms with Crippen LogP contribution in [0.25, 0.3) is 11.1 Å². The first-order chi connectivity index (χ1) is 14.6. The van der Waals surface area contributed by atoms with Crippen LogP contribution in [-0.2, 0) is 4.74 Å². The molecule has 0 spiro atoms. The van der Waals surface area contributed by atoms with Crippen LogP contribution in [0.15, 0.2) is 54.6 Å². The Kier molecular flexibility index (Phi) is 4.56. The summed E-state index contributed by atoms with van der Waals surface area (Å²) in [6.45, 7) is 4.88. The smallest absolute Gasteiger partial charge is 0.255 e. The number of aromatic nitrogens is 1. The lowest BCUT2D eigenvalue weighted by atomic mass is 10.0. The van der Waals surface area contributed by atoms with Gasteiger partial charge < -0.3 is 15.0 Å². The van der Waals surface area contributed by atoms with Gasteiger partial charge in [-0.1, -0.05) is 30.3 Å². The molecule has 0 radical (unpaired) electrons. The first kappa shape index (κ1) is 18.5. The van der Waals surface area contributed by atoms with E-state index in [2.05, 4.69) is 15.2 Å². The van der Waals surface area contributed by atoms with Gasteiger partial charge >= 0.3 is 0 Å². The highest BCUT2D eigenvalue weighted by molar-refractivity contribution is 6.22. The fourth-order valence-corrected chi connectivity index (χ4v) is 4.01. The van der Waals surface area contributed by atoms with Gasteiger partial charge in [0.15, 0.2) is 5.78 Å². The van der Waals surface area contributed by atoms with Gasteiger partial charge in [0.1, 0.15) is 5.82 Å². The van der Waals surface area contributed by atoms with Crippen molar-refractivity contribution in [2.24, 2.45) is 0 Å². The van der Waals surface area contributed by atoms with Crippen molar-refractivity contribution >= 4 is 23.2 Å². The number of pyridine rings is 1. The Labute approximate surface area is 174 Å². The standard InChI is InChI=1S/C24H21N3O3/c1-15-21(8-9-22(25-15)27-10-12-30-13-11-27)26-24(29)16-6-7-18-17-4-2-3-5-19(17)23(28)20(18)14-16/h2-9,14H,10-13H2,1H3,(H,26,29). The van der Waals surface area contributed by atoms with Crippen LogP contribution >= 0.6 is 0 Å². The zero-order valence-corrected chi connectivity index (χ0v) is 16.6. The van der Waals surface area contributed by atoms with Gasteiger partial charge in [0.2, 0.25) is 0 Å². The van der Waals surface area contributed by atoms with Crippen molar-refractivity contribution in [1.29, 1.82) is 0 Å². The molecule has 6 nitrogen and oxygen atoms in total. The molecule has 0 bridgehead atoms. The summed E-state index contributed by atoms with van der Waals surface area (Å²) >= 11 is 0. The van der Waals surface area contributed by atoms with Crippen LogP contribution in [0.3, 0.4) is 0 Å². The molecule has 6 heteroatoms. The first-order valence-electron chi connectivity index (χ1n) is 10.0. The summed E-state index contributed by atoms with van der Waals surface area (Å²) in [5.74, 6) is 0.586. The van der Waals surface area contributed by atoms with E-state index < -0.39 is 0 Å². The van der Waals surface area contributed by atoms with Gasteiger partial charge in [-0.25, -0.2) is 4.98 Å². The molecule has 0 atom stereocenters. The first-order valence-corrected chi connectivity index (χ1v) is 10.0. The predicted octanol–water partition coefficient (Wildman–Crippen LogP) is 3.69. The van der Waals surface area contributed by atoms with Gasteiger partial charge in [0.05, 0.1) is 24.6 Å². The number of aryl methyl sites for hydroxylation is 1. The Morgan fingerprint density at radius 1 is 0.967 bits per heavy atom. The molecule has 1 aliphatic heterocycles. The molecule has 3 aromatic rings. The molecule has 2 aliphatic rings. The number of nitrogens with zero attached hydrogens (tertiary/aromatic N) is 2. The molecule has 1 N–H and O–H groups in total. The van der Waals surface area contributed by atoms with E-state index in [4.69, 9.17) is 4.74 Å². The third-order valence-electron chi connectivity index (χ3n) is 5.64. The van der Waals surface area contributed by atoms with E-state index in [1.54, 1.807) is 12.1 Å². The molecule has 1 aliphatic carbocycles. The van der Waals surface area contributed by atoms with Crippen molar-refractivity contribution in [2.75, 3.05) is 36.5 Å². The topological polar surface area (TPSA) is 71.5 Å². The number of fused-ring (bicyclic) bond motifs is 3. The molecule has 2 heterocycles. The van der Waals surface area contributed by atoms with E-state index >= 15 is 0 Å². The van der Waals surface area contributed by atoms with Crippen molar-refractivity contribution in [2.45, 2.75) is 6.92 Å². The average molecular weight is 399 g/mol. The normalized spacial score (nSPS) is 15.0. The third-order valence-corrected chi connectivity index (χ3v) is 5.64. The molecule has 30 heavy (non-hydrogen) atoms. The van der Waals surface area contributed by atoms with E-state index in [0.717, 1.165) is 35.7 Å². The highest BCUT2D eigenvalue weighted by Gasteiger charge is 2.27. The number of amides is 1. The van der Waals surface area contributed by atoms with Crippen LogP contribution < -0.4 is 10.2 Å². The van der Waals surface area contributed by atoms with Crippen molar-refractivity contribution in [3.05, 3.63) is 77.0 Å². The average Bonchev–Trinajstić information content (AvgIpc) is 3.07. The molecule has 2 aromatic carbocycles. The van der Waals surface area contributed by atoms with Gasteiger partial charge in [0.25, 0.3) is 5.91 Å². The zero-order valence-electron chi connectivity index (χ0n) is 16.6. The summed E-state index contributed by atoms with van der Waals surface area (Å²) in [5, 5.41) is 2.93. The number of nitrogens with one attached hydrogen (secondary N) is 1. The minimum Gasteiger partial charge on any atom is -0.378 e. The monoisotopic (exact) mass is 399 g/mol. The van der Waals surface area contributed by atoms with Crippen LogP contribution in [0.1, 0.15) is 32.0 Å². The molecule has 1 saturated heterocycles. The lowest BCUT2D eigenvalue weighted by Crippen LogP contribution is -2.36. The number of ketones is 1. The zero-order chi connectivity index (χ0) is 20.7. The Morgan fingerprint density at radius 3 is 2.47 bits per heavy atom. The van der Waals surface area contributed by atoms with Crippen molar-refractivity contribution in [3.63, 3.8) is 0 Å². The molecule has 1 aromatic heterocycles. The number of morpholine rings is 1. The molecular formula is C24H21N3O3. The Bertz CT molecular complexity index is 1170. The van der Waals surface area contributed by atoms with Gasteiger partial charge in [-0.2, -0.15) is 0 Å². The number of anilines is 2. The number of carbonyl (C=O) groups excluding carboxylic acids is 2. The SMILES string of the molecule is Cc1nc(N2CCOCC2)ccc1NC(=O)c1ccc2c(c1)C(=O)c1ccccc1-2. The molecule has 0 saturated carbocycles. The fraction of sp³-hybridized carbons (Fsp3) is 0.208. The van der Waals surface area contributed by atoms with Gasteiger partial charge in [-0.05, 0) is 42.3 Å². The van der Waals surface area contributed by atoms with Crippen molar-refractivity contribution in [3.8, 4) is 11.1 Å². The number of hydrogen-bond acceptors (Lipinski definition) is 5. The van der Waals surface area contributed by atoms with Gasteiger partial charge in [-0.3, -0.25) is 9.59 Å². The maximum Gasteiger partial charge on any atom is 0.255 e. The Balaban J connectivity index is 1.37. The van der Waals surface area contributed by atoms with Crippen LogP contribution in [0.2, 0.25) is 0 Å². The minimum absolute atomic E-state index is 0.0389. The summed E-state index contributed by atoms with van der Waals surface area (Å²) in [4.78, 5) is 32.4. The maximum atomic E-state index is 12.9. The summed E-state index contributed by atoms with van der Waals surface area (Å²) in [6, 6.07) is 16.6. The molecule has 150 valence electrons. The molecule has 0 unspecified atom stereocenters. The second-order valence-corrected chi connectivity index (χ2v) is 7.49. The number of carbonyl (C=O) groups is 2. The molecule has 1 amide bonds. The summed E-state index contributed by atoms with van der Waals surface area (Å²) in [7, 11) is 0. The fourth-order valence-electron chi connectivity index (χ4n) is 4.01. The second kappa shape index (κ2) is 7.39. The van der Waals surface area contributed by atoms with Gasteiger partial charge in [-0.15, -0.1) is 0 Å². The van der Waals surface area contributed by atoms with E-state index in [-0.39, 0.29) is 11.7 Å². The lowest BCUT2D eigenvalue weighted by molar-refractivity contribution is 0.102. The van der Waals surface area contributed by atoms with Crippen LogP contribution in [-0.4, -0.2) is 43.0 Å². The quantitative estimate of drug-likeness (QED) is 0.569. The summed E-state index contributed by atoms with van der Waals surface area (Å²) in [5.41, 5.74) is 4.91. The maximum absolute atomic E-state index is 12.9. The summed E-state index contributed by atoms with van der Waals surface area (Å²) in [6.07, 6.45) is 0. The summed E-state index contributed by atoms with van der Waals surface area (Å²) < 4.78 is 5.39. The Morgan fingerprint density at radius 2 is 1.70 bits per heavy atom. The van der Waals surface area contributed by atoms with E-state index in [1.165, 1.54) is 0 Å². The largest absolute Gasteiger partial charge is 0.378 e. The number of benzene rings is 2. The molecule has 1 fully saturated rings. The molecule has 5 rings (SSSR count). The third kappa shape index (κ3) is 3.15. The lowest BCUT2D eigenvalue weighted by Gasteiger charge is -2.28. The van der Waals surface area contributed by atoms with Gasteiger partial charge in [0, 0.05) is 29.8 Å². The van der Waals surface area contributed by atoms with E-state index in [0.29, 0.717) is 35.6 Å². The van der Waals surface area contributed by atoms with Crippen molar-refractivity contribution in [1.82, 2.24) is 4.98 Å². The number of ether oxygens (including phenoxy) is 1. The number of hydrogen-bond donors (Lipinski definition) is 1. The highest BCUT2D eigenvalue weighted by atomic mass is 16.5. The molecular weight excluding hydrogens is 378 g/mol. The van der Waals surface area contributed by atoms with E-state index in [1.807, 2.05) is 49.4 Å². The minimum atomic E-state index is -0.259. The Hall–Kier alpha value is -3.51. The van der Waals surface area contributed by atoms with Crippen LogP contribution in [0.5, 0.6) is 0 Å². The van der Waals surface area contributed by atoms with Crippen LogP contribution in [0.4, 0.5) is 11.5 Å². The predicted molar refractivity (Wildman–Crippen MR) is 115 cm³/mol. The van der Waals surface area contributed by atoms with E-state index in [9.17, 15) is 9.59 Å². The van der Waals surface area contributed by atoms with Crippen LogP contribution in [0, 0.1) is 6.92 Å². The second-order valence-electron chi connectivity index (χ2n) is 7.49. The number of rotatable bonds is 3.